The van der Waals surface area contributed by atoms with Crippen LogP contribution in [0.5, 0.6) is 0 Å². The van der Waals surface area contributed by atoms with E-state index in [1.807, 2.05) is 38.5 Å². The minimum absolute atomic E-state index is 0.0424. The molecule has 6 nitrogen and oxygen atoms in total. The van der Waals surface area contributed by atoms with Crippen molar-refractivity contribution in [2.75, 3.05) is 18.4 Å². The van der Waals surface area contributed by atoms with E-state index in [9.17, 15) is 4.79 Å². The van der Waals surface area contributed by atoms with E-state index in [1.54, 1.807) is 4.68 Å². The zero-order valence-corrected chi connectivity index (χ0v) is 15.1. The number of nitrogens with zero attached hydrogens (tertiary/aromatic N) is 4. The molecule has 0 spiro atoms. The normalized spacial score (nSPS) is 18.2. The van der Waals surface area contributed by atoms with Crippen molar-refractivity contribution in [1.29, 1.82) is 0 Å². The van der Waals surface area contributed by atoms with Gasteiger partial charge in [-0.25, -0.2) is 0 Å². The summed E-state index contributed by atoms with van der Waals surface area (Å²) >= 11 is 0. The van der Waals surface area contributed by atoms with Gasteiger partial charge in [-0.2, -0.15) is 5.10 Å². The summed E-state index contributed by atoms with van der Waals surface area (Å²) < 4.78 is 1.72. The Balaban J connectivity index is 1.55. The molecule has 1 saturated heterocycles. The molecule has 1 amide bonds. The predicted molar refractivity (Wildman–Crippen MR) is 98.3 cm³/mol. The molecule has 1 aliphatic rings. The van der Waals surface area contributed by atoms with Crippen LogP contribution in [0.2, 0.25) is 0 Å². The smallest absolute Gasteiger partial charge is 0.238 e. The SMILES string of the molecule is Cc1nn(C)cc1NC(=O)CN1CCCCC1CCc1ccccn1. The third-order valence-corrected chi connectivity index (χ3v) is 4.84. The summed E-state index contributed by atoms with van der Waals surface area (Å²) in [5.74, 6) is 0.0424. The van der Waals surface area contributed by atoms with Gasteiger partial charge in [-0.1, -0.05) is 12.5 Å². The number of hydrogen-bond acceptors (Lipinski definition) is 4. The number of aromatic nitrogens is 3. The van der Waals surface area contributed by atoms with Gasteiger partial charge in [-0.3, -0.25) is 19.4 Å². The zero-order valence-electron chi connectivity index (χ0n) is 15.1. The summed E-state index contributed by atoms with van der Waals surface area (Å²) in [4.78, 5) is 19.2. The molecular formula is C19H27N5O. The van der Waals surface area contributed by atoms with Gasteiger partial charge in [0.1, 0.15) is 0 Å². The Morgan fingerprint density at radius 3 is 2.96 bits per heavy atom. The van der Waals surface area contributed by atoms with Gasteiger partial charge in [-0.15, -0.1) is 0 Å². The minimum Gasteiger partial charge on any atom is -0.322 e. The second-order valence-electron chi connectivity index (χ2n) is 6.83. The number of rotatable bonds is 6. The van der Waals surface area contributed by atoms with Crippen molar-refractivity contribution in [2.24, 2.45) is 7.05 Å². The van der Waals surface area contributed by atoms with Crippen LogP contribution in [0.15, 0.2) is 30.6 Å². The van der Waals surface area contributed by atoms with Crippen molar-refractivity contribution >= 4 is 11.6 Å². The van der Waals surface area contributed by atoms with Gasteiger partial charge in [0.15, 0.2) is 0 Å². The molecular weight excluding hydrogens is 314 g/mol. The monoisotopic (exact) mass is 341 g/mol. The lowest BCUT2D eigenvalue weighted by Gasteiger charge is -2.35. The first-order valence-corrected chi connectivity index (χ1v) is 9.06. The molecule has 0 aromatic carbocycles. The minimum atomic E-state index is 0.0424. The lowest BCUT2D eigenvalue weighted by molar-refractivity contribution is -0.118. The maximum absolute atomic E-state index is 12.5. The molecule has 0 bridgehead atoms. The molecule has 1 atom stereocenters. The number of amides is 1. The van der Waals surface area contributed by atoms with Gasteiger partial charge in [0.25, 0.3) is 0 Å². The highest BCUT2D eigenvalue weighted by Gasteiger charge is 2.24. The third-order valence-electron chi connectivity index (χ3n) is 4.84. The molecule has 0 saturated carbocycles. The van der Waals surface area contributed by atoms with Crippen LogP contribution < -0.4 is 5.32 Å². The highest BCUT2D eigenvalue weighted by atomic mass is 16.2. The van der Waals surface area contributed by atoms with Gasteiger partial charge < -0.3 is 5.32 Å². The number of carbonyl (C=O) groups is 1. The van der Waals surface area contributed by atoms with E-state index in [4.69, 9.17) is 0 Å². The first kappa shape index (κ1) is 17.6. The number of carbonyl (C=O) groups excluding carboxylic acids is 1. The van der Waals surface area contributed by atoms with Crippen LogP contribution in [-0.2, 0) is 18.3 Å². The maximum Gasteiger partial charge on any atom is 0.238 e. The molecule has 1 N–H and O–H groups in total. The van der Waals surface area contributed by atoms with Gasteiger partial charge in [0.05, 0.1) is 17.9 Å². The van der Waals surface area contributed by atoms with Crippen molar-refractivity contribution < 1.29 is 4.79 Å². The number of pyridine rings is 1. The summed E-state index contributed by atoms with van der Waals surface area (Å²) in [6.45, 7) is 3.35. The second kappa shape index (κ2) is 8.25. The first-order chi connectivity index (χ1) is 12.1. The fourth-order valence-electron chi connectivity index (χ4n) is 3.55. The van der Waals surface area contributed by atoms with Crippen LogP contribution in [0, 0.1) is 6.92 Å². The lowest BCUT2D eigenvalue weighted by Crippen LogP contribution is -2.44. The van der Waals surface area contributed by atoms with Gasteiger partial charge in [0.2, 0.25) is 5.91 Å². The van der Waals surface area contributed by atoms with Crippen LogP contribution in [-0.4, -0.2) is 44.7 Å². The predicted octanol–water partition coefficient (Wildman–Crippen LogP) is 2.55. The van der Waals surface area contributed by atoms with E-state index in [1.165, 1.54) is 12.8 Å². The molecule has 25 heavy (non-hydrogen) atoms. The summed E-state index contributed by atoms with van der Waals surface area (Å²) in [6.07, 6.45) is 9.28. The quantitative estimate of drug-likeness (QED) is 0.877. The highest BCUT2D eigenvalue weighted by molar-refractivity contribution is 5.92. The first-order valence-electron chi connectivity index (χ1n) is 9.06. The number of likely N-dealkylation sites (tertiary alicyclic amines) is 1. The van der Waals surface area contributed by atoms with Crippen LogP contribution in [0.3, 0.4) is 0 Å². The number of hydrogen-bond donors (Lipinski definition) is 1. The van der Waals surface area contributed by atoms with E-state index in [0.29, 0.717) is 12.6 Å². The molecule has 1 unspecified atom stereocenters. The average Bonchev–Trinajstić information content (AvgIpc) is 2.92. The third kappa shape index (κ3) is 4.89. The van der Waals surface area contributed by atoms with Crippen LogP contribution >= 0.6 is 0 Å². The van der Waals surface area contributed by atoms with E-state index in [2.05, 4.69) is 26.4 Å². The Bertz CT molecular complexity index is 697. The van der Waals surface area contributed by atoms with E-state index < -0.39 is 0 Å². The number of anilines is 1. The number of aryl methyl sites for hydroxylation is 3. The van der Waals surface area contributed by atoms with E-state index in [-0.39, 0.29) is 5.91 Å². The molecule has 3 heterocycles. The molecule has 2 aromatic rings. The Morgan fingerprint density at radius 1 is 1.36 bits per heavy atom. The summed E-state index contributed by atoms with van der Waals surface area (Å²) in [7, 11) is 1.86. The van der Waals surface area contributed by atoms with Crippen molar-refractivity contribution in [2.45, 2.75) is 45.1 Å². The molecule has 0 aliphatic carbocycles. The number of nitrogens with one attached hydrogen (secondary N) is 1. The maximum atomic E-state index is 12.5. The van der Waals surface area contributed by atoms with Gasteiger partial charge in [0, 0.05) is 31.2 Å². The molecule has 6 heteroatoms. The summed E-state index contributed by atoms with van der Waals surface area (Å²) in [5, 5.41) is 7.27. The summed E-state index contributed by atoms with van der Waals surface area (Å²) in [6, 6.07) is 6.51. The molecule has 1 fully saturated rings. The molecule has 0 radical (unpaired) electrons. The average molecular weight is 341 g/mol. The fraction of sp³-hybridized carbons (Fsp3) is 0.526. The Morgan fingerprint density at radius 2 is 2.24 bits per heavy atom. The molecule has 3 rings (SSSR count). The van der Waals surface area contributed by atoms with Crippen LogP contribution in [0.1, 0.15) is 37.1 Å². The molecule has 1 aliphatic heterocycles. The Labute approximate surface area is 149 Å². The molecule has 2 aromatic heterocycles. The standard InChI is InChI=1S/C19H27N5O/c1-15-18(13-23(2)22-15)21-19(25)14-24-12-6-4-8-17(24)10-9-16-7-3-5-11-20-16/h3,5,7,11,13,17H,4,6,8-10,12,14H2,1-2H3,(H,21,25). The van der Waals surface area contributed by atoms with Crippen LogP contribution in [0.25, 0.3) is 0 Å². The van der Waals surface area contributed by atoms with E-state index in [0.717, 1.165) is 42.9 Å². The molecule has 134 valence electrons. The largest absolute Gasteiger partial charge is 0.322 e. The van der Waals surface area contributed by atoms with Crippen LogP contribution in [0.4, 0.5) is 5.69 Å². The van der Waals surface area contributed by atoms with Gasteiger partial charge >= 0.3 is 0 Å². The summed E-state index contributed by atoms with van der Waals surface area (Å²) in [5.41, 5.74) is 2.78. The van der Waals surface area contributed by atoms with Crippen molar-refractivity contribution in [3.8, 4) is 0 Å². The second-order valence-corrected chi connectivity index (χ2v) is 6.83. The Hall–Kier alpha value is -2.21. The number of piperidine rings is 1. The fourth-order valence-corrected chi connectivity index (χ4v) is 3.55. The zero-order chi connectivity index (χ0) is 17.6. The van der Waals surface area contributed by atoms with Crippen molar-refractivity contribution in [3.05, 3.63) is 42.0 Å². The van der Waals surface area contributed by atoms with Gasteiger partial charge in [-0.05, 0) is 51.3 Å². The lowest BCUT2D eigenvalue weighted by atomic mass is 9.97. The van der Waals surface area contributed by atoms with E-state index >= 15 is 0 Å². The van der Waals surface area contributed by atoms with Crippen molar-refractivity contribution in [3.63, 3.8) is 0 Å². The Kier molecular flexibility index (Phi) is 5.81. The van der Waals surface area contributed by atoms with Crippen molar-refractivity contribution in [1.82, 2.24) is 19.7 Å². The highest BCUT2D eigenvalue weighted by Crippen LogP contribution is 2.21. The topological polar surface area (TPSA) is 63.1 Å².